The number of phenolic OH excluding ortho intramolecular Hbond substituents is 1. The Labute approximate surface area is 161 Å². The van der Waals surface area contributed by atoms with Crippen LogP contribution >= 0.6 is 0 Å². The van der Waals surface area contributed by atoms with Gasteiger partial charge in [0.2, 0.25) is 0 Å². The van der Waals surface area contributed by atoms with E-state index >= 15 is 0 Å². The van der Waals surface area contributed by atoms with Gasteiger partial charge in [0.15, 0.2) is 5.78 Å². The number of benzene rings is 3. The third-order valence-electron chi connectivity index (χ3n) is 4.17. The van der Waals surface area contributed by atoms with Gasteiger partial charge in [0.25, 0.3) is 5.91 Å². The van der Waals surface area contributed by atoms with E-state index < -0.39 is 5.91 Å². The highest BCUT2D eigenvalue weighted by Crippen LogP contribution is 2.27. The van der Waals surface area contributed by atoms with Crippen molar-refractivity contribution in [1.29, 1.82) is 0 Å². The Morgan fingerprint density at radius 3 is 2.50 bits per heavy atom. The molecule has 0 aliphatic heterocycles. The maximum absolute atomic E-state index is 12.3. The SMILES string of the molecule is O=C(/C=C/c1ccc(C(=O)CN=Cc2ccc3ccccc3c2O)cc1)NO. The van der Waals surface area contributed by atoms with Gasteiger partial charge in [0, 0.05) is 28.8 Å². The number of carbonyl (C=O) groups excluding carboxylic acids is 2. The van der Waals surface area contributed by atoms with Gasteiger partial charge in [-0.05, 0) is 23.1 Å². The molecule has 0 heterocycles. The summed E-state index contributed by atoms with van der Waals surface area (Å²) in [5.41, 5.74) is 3.25. The van der Waals surface area contributed by atoms with Crippen molar-refractivity contribution in [2.75, 3.05) is 6.54 Å². The van der Waals surface area contributed by atoms with Crippen molar-refractivity contribution in [3.63, 3.8) is 0 Å². The Morgan fingerprint density at radius 2 is 1.75 bits per heavy atom. The summed E-state index contributed by atoms with van der Waals surface area (Å²) in [5, 5.41) is 20.4. The van der Waals surface area contributed by atoms with Crippen LogP contribution in [0.15, 0.2) is 71.7 Å². The molecule has 1 amide bonds. The minimum absolute atomic E-state index is 0.0473. The van der Waals surface area contributed by atoms with Gasteiger partial charge in [-0.15, -0.1) is 0 Å². The number of carbonyl (C=O) groups is 2. The summed E-state index contributed by atoms with van der Waals surface area (Å²) in [5.74, 6) is -0.663. The Kier molecular flexibility index (Phi) is 5.94. The molecule has 0 bridgehead atoms. The second-order valence-electron chi connectivity index (χ2n) is 6.05. The number of hydrogen-bond acceptors (Lipinski definition) is 5. The number of Topliss-reactive ketones (excluding diaryl/α,β-unsaturated/α-hetero) is 1. The van der Waals surface area contributed by atoms with E-state index in [1.807, 2.05) is 30.3 Å². The van der Waals surface area contributed by atoms with Crippen LogP contribution < -0.4 is 5.48 Å². The minimum Gasteiger partial charge on any atom is -0.507 e. The standard InChI is InChI=1S/C22H18N2O4/c25-20(17-8-5-15(6-9-17)7-12-21(26)24-28)14-23-13-18-11-10-16-3-1-2-4-19(16)22(18)27/h1-13,27-28H,14H2,(H,24,26)/b12-7+,23-13?. The first-order valence-corrected chi connectivity index (χ1v) is 8.54. The monoisotopic (exact) mass is 374 g/mol. The van der Waals surface area contributed by atoms with Crippen molar-refractivity contribution in [1.82, 2.24) is 5.48 Å². The highest BCUT2D eigenvalue weighted by molar-refractivity contribution is 6.00. The number of ketones is 1. The number of aromatic hydroxyl groups is 1. The molecule has 0 unspecified atom stereocenters. The first-order chi connectivity index (χ1) is 13.6. The zero-order chi connectivity index (χ0) is 19.9. The lowest BCUT2D eigenvalue weighted by Crippen LogP contribution is -2.14. The normalized spacial score (nSPS) is 11.3. The molecule has 140 valence electrons. The highest BCUT2D eigenvalue weighted by atomic mass is 16.5. The Morgan fingerprint density at radius 1 is 1.00 bits per heavy atom. The molecule has 3 rings (SSSR count). The van der Waals surface area contributed by atoms with Crippen molar-refractivity contribution < 1.29 is 19.9 Å². The lowest BCUT2D eigenvalue weighted by atomic mass is 10.1. The lowest BCUT2D eigenvalue weighted by molar-refractivity contribution is -0.124. The topological polar surface area (TPSA) is 99.0 Å². The van der Waals surface area contributed by atoms with E-state index in [1.165, 1.54) is 23.8 Å². The quantitative estimate of drug-likeness (QED) is 0.203. The first-order valence-electron chi connectivity index (χ1n) is 8.54. The Bertz CT molecular complexity index is 1070. The highest BCUT2D eigenvalue weighted by Gasteiger charge is 2.06. The maximum atomic E-state index is 12.3. The molecule has 28 heavy (non-hydrogen) atoms. The van der Waals surface area contributed by atoms with E-state index in [0.717, 1.165) is 10.8 Å². The molecular formula is C22H18N2O4. The molecule has 0 aliphatic carbocycles. The van der Waals surface area contributed by atoms with Crippen LogP contribution in [0.3, 0.4) is 0 Å². The van der Waals surface area contributed by atoms with Crippen LogP contribution in [-0.2, 0) is 4.79 Å². The van der Waals surface area contributed by atoms with Gasteiger partial charge in [0.05, 0.1) is 0 Å². The van der Waals surface area contributed by atoms with Crippen molar-refractivity contribution in [3.8, 4) is 5.75 Å². The van der Waals surface area contributed by atoms with Crippen molar-refractivity contribution in [2.24, 2.45) is 4.99 Å². The van der Waals surface area contributed by atoms with E-state index in [0.29, 0.717) is 16.7 Å². The van der Waals surface area contributed by atoms with Gasteiger partial charge in [-0.1, -0.05) is 54.6 Å². The van der Waals surface area contributed by atoms with Crippen LogP contribution in [0.5, 0.6) is 5.75 Å². The molecule has 0 radical (unpaired) electrons. The number of aliphatic imine (C=N–C) groups is 1. The van der Waals surface area contributed by atoms with Crippen LogP contribution in [0.25, 0.3) is 16.8 Å². The summed E-state index contributed by atoms with van der Waals surface area (Å²) in [7, 11) is 0. The fraction of sp³-hybridized carbons (Fsp3) is 0.0455. The molecule has 0 atom stereocenters. The summed E-state index contributed by atoms with van der Waals surface area (Å²) in [6, 6.07) is 17.8. The van der Waals surface area contributed by atoms with Crippen LogP contribution in [0.2, 0.25) is 0 Å². The molecule has 0 saturated carbocycles. The molecule has 3 aromatic carbocycles. The molecule has 0 aliphatic rings. The molecule has 6 nitrogen and oxygen atoms in total. The summed E-state index contributed by atoms with van der Waals surface area (Å²) < 4.78 is 0. The molecule has 3 N–H and O–H groups in total. The zero-order valence-electron chi connectivity index (χ0n) is 14.9. The molecular weight excluding hydrogens is 356 g/mol. The van der Waals surface area contributed by atoms with Crippen molar-refractivity contribution in [2.45, 2.75) is 0 Å². The second-order valence-corrected chi connectivity index (χ2v) is 6.05. The lowest BCUT2D eigenvalue weighted by Gasteiger charge is -2.04. The fourth-order valence-corrected chi connectivity index (χ4v) is 2.68. The number of nitrogens with zero attached hydrogens (tertiary/aromatic N) is 1. The number of nitrogens with one attached hydrogen (secondary N) is 1. The average Bonchev–Trinajstić information content (AvgIpc) is 2.74. The third kappa shape index (κ3) is 4.49. The summed E-state index contributed by atoms with van der Waals surface area (Å²) in [4.78, 5) is 27.4. The molecule has 0 aromatic heterocycles. The fourth-order valence-electron chi connectivity index (χ4n) is 2.68. The van der Waals surface area contributed by atoms with Crippen LogP contribution in [0.4, 0.5) is 0 Å². The third-order valence-corrected chi connectivity index (χ3v) is 4.17. The van der Waals surface area contributed by atoms with Crippen molar-refractivity contribution in [3.05, 3.63) is 83.4 Å². The Balaban J connectivity index is 1.66. The maximum Gasteiger partial charge on any atom is 0.267 e. The van der Waals surface area contributed by atoms with E-state index in [9.17, 15) is 14.7 Å². The predicted octanol–water partition coefficient (Wildman–Crippen LogP) is 3.37. The van der Waals surface area contributed by atoms with Crippen molar-refractivity contribution >= 4 is 34.8 Å². The average molecular weight is 374 g/mol. The van der Waals surface area contributed by atoms with Gasteiger partial charge in [-0.25, -0.2) is 5.48 Å². The molecule has 3 aromatic rings. The zero-order valence-corrected chi connectivity index (χ0v) is 14.9. The van der Waals surface area contributed by atoms with Gasteiger partial charge >= 0.3 is 0 Å². The molecule has 0 saturated heterocycles. The van der Waals surface area contributed by atoms with E-state index in [1.54, 1.807) is 30.3 Å². The largest absolute Gasteiger partial charge is 0.507 e. The van der Waals surface area contributed by atoms with Gasteiger partial charge in [0.1, 0.15) is 12.3 Å². The van der Waals surface area contributed by atoms with Gasteiger partial charge < -0.3 is 5.11 Å². The smallest absolute Gasteiger partial charge is 0.267 e. The van der Waals surface area contributed by atoms with Gasteiger partial charge in [-0.2, -0.15) is 0 Å². The molecule has 0 spiro atoms. The number of fused-ring (bicyclic) bond motifs is 1. The van der Waals surface area contributed by atoms with E-state index in [4.69, 9.17) is 5.21 Å². The van der Waals surface area contributed by atoms with Crippen LogP contribution in [0, 0.1) is 0 Å². The number of hydroxylamine groups is 1. The van der Waals surface area contributed by atoms with E-state index in [2.05, 4.69) is 4.99 Å². The summed E-state index contributed by atoms with van der Waals surface area (Å²) >= 11 is 0. The predicted molar refractivity (Wildman–Crippen MR) is 108 cm³/mol. The number of hydrogen-bond donors (Lipinski definition) is 3. The number of phenols is 1. The Hall–Kier alpha value is -3.77. The van der Waals surface area contributed by atoms with Crippen LogP contribution in [0.1, 0.15) is 21.5 Å². The number of amides is 1. The minimum atomic E-state index is -0.633. The first kappa shape index (κ1) is 19.0. The molecule has 0 fully saturated rings. The number of rotatable bonds is 6. The summed E-state index contributed by atoms with van der Waals surface area (Å²) in [6.07, 6.45) is 4.18. The van der Waals surface area contributed by atoms with Crippen LogP contribution in [-0.4, -0.2) is 34.8 Å². The second kappa shape index (κ2) is 8.75. The summed E-state index contributed by atoms with van der Waals surface area (Å²) in [6.45, 7) is -0.0473. The van der Waals surface area contributed by atoms with E-state index in [-0.39, 0.29) is 18.1 Å². The van der Waals surface area contributed by atoms with Gasteiger partial charge in [-0.3, -0.25) is 19.8 Å². The molecule has 6 heteroatoms.